The Morgan fingerprint density at radius 1 is 1.14 bits per heavy atom. The van der Waals surface area contributed by atoms with Crippen molar-refractivity contribution in [3.8, 4) is 5.75 Å². The van der Waals surface area contributed by atoms with Crippen LogP contribution in [0.3, 0.4) is 0 Å². The first-order chi connectivity index (χ1) is 14.0. The van der Waals surface area contributed by atoms with Crippen molar-refractivity contribution >= 4 is 33.9 Å². The van der Waals surface area contributed by atoms with Gasteiger partial charge in [0.2, 0.25) is 5.13 Å². The number of carbonyl (C=O) groups is 2. The Morgan fingerprint density at radius 2 is 1.83 bits per heavy atom. The van der Waals surface area contributed by atoms with Gasteiger partial charge in [0.05, 0.1) is 18.7 Å². The highest BCUT2D eigenvalue weighted by Crippen LogP contribution is 2.42. The minimum absolute atomic E-state index is 0.109. The first kappa shape index (κ1) is 18.8. The Balaban J connectivity index is 1.91. The average Bonchev–Trinajstić information content (AvgIpc) is 3.35. The number of rotatable bonds is 4. The third-order valence-electron chi connectivity index (χ3n) is 4.55. The Labute approximate surface area is 168 Å². The van der Waals surface area contributed by atoms with Crippen molar-refractivity contribution in [1.82, 2.24) is 10.2 Å². The van der Waals surface area contributed by atoms with Crippen LogP contribution in [-0.2, 0) is 9.59 Å². The number of hydrogen-bond acceptors (Lipinski definition) is 7. The van der Waals surface area contributed by atoms with Gasteiger partial charge in [-0.3, -0.25) is 14.5 Å². The van der Waals surface area contributed by atoms with Gasteiger partial charge in [0, 0.05) is 5.56 Å². The van der Waals surface area contributed by atoms with E-state index >= 15 is 0 Å². The molecule has 29 heavy (non-hydrogen) atoms. The molecule has 7 nitrogen and oxygen atoms in total. The van der Waals surface area contributed by atoms with Crippen LogP contribution in [-0.4, -0.2) is 34.1 Å². The zero-order valence-corrected chi connectivity index (χ0v) is 15.9. The molecule has 1 aromatic heterocycles. The second kappa shape index (κ2) is 7.44. The summed E-state index contributed by atoms with van der Waals surface area (Å²) in [6.45, 7) is 0. The van der Waals surface area contributed by atoms with Crippen LogP contribution in [0.2, 0.25) is 0 Å². The summed E-state index contributed by atoms with van der Waals surface area (Å²) in [4.78, 5) is 26.8. The van der Waals surface area contributed by atoms with Gasteiger partial charge in [-0.15, -0.1) is 10.2 Å². The van der Waals surface area contributed by atoms with E-state index in [1.54, 1.807) is 24.3 Å². The smallest absolute Gasteiger partial charge is 0.301 e. The number of nitrogens with zero attached hydrogens (tertiary/aromatic N) is 3. The number of anilines is 1. The fourth-order valence-corrected chi connectivity index (χ4v) is 3.75. The van der Waals surface area contributed by atoms with Crippen molar-refractivity contribution in [3.63, 3.8) is 0 Å². The van der Waals surface area contributed by atoms with E-state index in [1.165, 1.54) is 29.7 Å². The van der Waals surface area contributed by atoms with Gasteiger partial charge < -0.3 is 9.84 Å². The van der Waals surface area contributed by atoms with Crippen molar-refractivity contribution in [2.45, 2.75) is 6.04 Å². The van der Waals surface area contributed by atoms with E-state index < -0.39 is 29.3 Å². The first-order valence-electron chi connectivity index (χ1n) is 8.48. The summed E-state index contributed by atoms with van der Waals surface area (Å²) in [5.74, 6) is -1.96. The number of amides is 1. The Hall–Kier alpha value is -3.59. The van der Waals surface area contributed by atoms with Gasteiger partial charge in [-0.05, 0) is 42.0 Å². The van der Waals surface area contributed by atoms with Gasteiger partial charge in [0.25, 0.3) is 5.78 Å². The van der Waals surface area contributed by atoms with Crippen LogP contribution in [0, 0.1) is 5.82 Å². The van der Waals surface area contributed by atoms with Crippen LogP contribution in [0.4, 0.5) is 9.52 Å². The lowest BCUT2D eigenvalue weighted by atomic mass is 9.95. The summed E-state index contributed by atoms with van der Waals surface area (Å²) >= 11 is 1.10. The van der Waals surface area contributed by atoms with Crippen molar-refractivity contribution < 1.29 is 23.8 Å². The van der Waals surface area contributed by atoms with E-state index in [4.69, 9.17) is 4.74 Å². The van der Waals surface area contributed by atoms with E-state index in [9.17, 15) is 19.1 Å². The molecule has 2 aromatic carbocycles. The van der Waals surface area contributed by atoms with E-state index in [2.05, 4.69) is 10.2 Å². The zero-order chi connectivity index (χ0) is 20.5. The quantitative estimate of drug-likeness (QED) is 0.402. The third-order valence-corrected chi connectivity index (χ3v) is 5.24. The predicted molar refractivity (Wildman–Crippen MR) is 104 cm³/mol. The molecule has 0 saturated carbocycles. The Kier molecular flexibility index (Phi) is 4.81. The fraction of sp³-hybridized carbons (Fsp3) is 0.100. The lowest BCUT2D eigenvalue weighted by Crippen LogP contribution is -2.29. The van der Waals surface area contributed by atoms with Gasteiger partial charge in [-0.25, -0.2) is 4.39 Å². The van der Waals surface area contributed by atoms with Crippen molar-refractivity contribution in [3.05, 3.63) is 76.6 Å². The maximum atomic E-state index is 13.3. The molecular formula is C20H14FN3O4S. The monoisotopic (exact) mass is 411 g/mol. The highest BCUT2D eigenvalue weighted by atomic mass is 32.1. The topological polar surface area (TPSA) is 92.6 Å². The maximum absolute atomic E-state index is 13.3. The van der Waals surface area contributed by atoms with Gasteiger partial charge >= 0.3 is 5.91 Å². The summed E-state index contributed by atoms with van der Waals surface area (Å²) in [6.07, 6.45) is 0. The SMILES string of the molecule is COc1ccc(C2/C(=C(\O)c3ccc(F)cc3)C(=O)C(=O)N2c2nncs2)cc1. The van der Waals surface area contributed by atoms with Crippen molar-refractivity contribution in [1.29, 1.82) is 0 Å². The molecule has 1 fully saturated rings. The van der Waals surface area contributed by atoms with Crippen molar-refractivity contribution in [2.24, 2.45) is 0 Å². The van der Waals surface area contributed by atoms with Gasteiger partial charge in [-0.2, -0.15) is 0 Å². The largest absolute Gasteiger partial charge is 0.507 e. The molecule has 9 heteroatoms. The highest BCUT2D eigenvalue weighted by Gasteiger charge is 2.48. The number of aliphatic hydroxyl groups is 1. The summed E-state index contributed by atoms with van der Waals surface area (Å²) < 4.78 is 18.4. The molecule has 0 spiro atoms. The van der Waals surface area contributed by atoms with E-state index in [-0.39, 0.29) is 16.3 Å². The predicted octanol–water partition coefficient (Wildman–Crippen LogP) is 3.31. The molecule has 1 N–H and O–H groups in total. The molecule has 3 aromatic rings. The lowest BCUT2D eigenvalue weighted by molar-refractivity contribution is -0.132. The minimum Gasteiger partial charge on any atom is -0.507 e. The Morgan fingerprint density at radius 3 is 2.41 bits per heavy atom. The summed E-state index contributed by atoms with van der Waals surface area (Å²) in [5, 5.41) is 18.7. The van der Waals surface area contributed by atoms with Crippen LogP contribution >= 0.6 is 11.3 Å². The number of methoxy groups -OCH3 is 1. The van der Waals surface area contributed by atoms with Crippen LogP contribution in [0.5, 0.6) is 5.75 Å². The van der Waals surface area contributed by atoms with Gasteiger partial charge in [-0.1, -0.05) is 23.5 Å². The molecule has 1 unspecified atom stereocenters. The molecule has 1 saturated heterocycles. The molecule has 1 aliphatic heterocycles. The molecule has 146 valence electrons. The van der Waals surface area contributed by atoms with E-state index in [0.29, 0.717) is 11.3 Å². The fourth-order valence-electron chi connectivity index (χ4n) is 3.17. The van der Waals surface area contributed by atoms with Gasteiger partial charge in [0.1, 0.15) is 22.8 Å². The molecular weight excluding hydrogens is 397 g/mol. The van der Waals surface area contributed by atoms with Gasteiger partial charge in [0.15, 0.2) is 0 Å². The maximum Gasteiger partial charge on any atom is 0.301 e. The second-order valence-corrected chi connectivity index (χ2v) is 6.98. The average molecular weight is 411 g/mol. The number of halogens is 1. The number of Topliss-reactive ketones (excluding diaryl/α,β-unsaturated/α-hetero) is 1. The second-order valence-electron chi connectivity index (χ2n) is 6.17. The number of aromatic nitrogens is 2. The summed E-state index contributed by atoms with van der Waals surface area (Å²) in [7, 11) is 1.52. The number of benzene rings is 2. The number of ketones is 1. The van der Waals surface area contributed by atoms with Crippen LogP contribution in [0.1, 0.15) is 17.2 Å². The van der Waals surface area contributed by atoms with Crippen molar-refractivity contribution in [2.75, 3.05) is 12.0 Å². The molecule has 1 atom stereocenters. The minimum atomic E-state index is -0.918. The Bertz CT molecular complexity index is 1100. The third kappa shape index (κ3) is 3.25. The molecule has 2 heterocycles. The molecule has 4 rings (SSSR count). The first-order valence-corrected chi connectivity index (χ1v) is 9.36. The number of hydrogen-bond donors (Lipinski definition) is 1. The summed E-state index contributed by atoms with van der Waals surface area (Å²) in [6, 6.07) is 10.9. The molecule has 0 aliphatic carbocycles. The van der Waals surface area contributed by atoms with E-state index in [0.717, 1.165) is 23.5 Å². The number of ether oxygens (including phenoxy) is 1. The molecule has 0 bridgehead atoms. The van der Waals surface area contributed by atoms with Crippen LogP contribution in [0.25, 0.3) is 5.76 Å². The van der Waals surface area contributed by atoms with Crippen LogP contribution < -0.4 is 9.64 Å². The number of aliphatic hydroxyl groups excluding tert-OH is 1. The molecule has 1 aliphatic rings. The summed E-state index contributed by atoms with van der Waals surface area (Å²) in [5.41, 5.74) is 2.13. The highest BCUT2D eigenvalue weighted by molar-refractivity contribution is 7.13. The molecule has 1 amide bonds. The van der Waals surface area contributed by atoms with Crippen LogP contribution in [0.15, 0.2) is 59.6 Å². The van der Waals surface area contributed by atoms with E-state index in [1.807, 2.05) is 0 Å². The lowest BCUT2D eigenvalue weighted by Gasteiger charge is -2.22. The normalized spacial score (nSPS) is 18.3. The number of carbonyl (C=O) groups excluding carboxylic acids is 2. The molecule has 0 radical (unpaired) electrons. The zero-order valence-electron chi connectivity index (χ0n) is 15.1. The standard InChI is InChI=1S/C20H14FN3O4S/c1-28-14-8-4-11(5-9-14)16-15(17(25)12-2-6-13(21)7-3-12)18(26)19(27)24(16)20-23-22-10-29-20/h2-10,16,25H,1H3/b17-15+.